The van der Waals surface area contributed by atoms with Gasteiger partial charge in [0.05, 0.1) is 17.3 Å². The lowest BCUT2D eigenvalue weighted by molar-refractivity contribution is -0.116. The van der Waals surface area contributed by atoms with Crippen molar-refractivity contribution in [3.05, 3.63) is 59.0 Å². The smallest absolute Gasteiger partial charge is 0.225 e. The van der Waals surface area contributed by atoms with Gasteiger partial charge in [-0.15, -0.1) is 34.4 Å². The van der Waals surface area contributed by atoms with Crippen molar-refractivity contribution in [2.24, 2.45) is 0 Å². The summed E-state index contributed by atoms with van der Waals surface area (Å²) in [5.41, 5.74) is 3.52. The highest BCUT2D eigenvalue weighted by Gasteiger charge is 2.28. The average Bonchev–Trinajstić information content (AvgIpc) is 3.47. The maximum absolute atomic E-state index is 13.0. The summed E-state index contributed by atoms with van der Waals surface area (Å²) in [6.07, 6.45) is 2.32. The first kappa shape index (κ1) is 25.3. The van der Waals surface area contributed by atoms with Crippen molar-refractivity contribution in [2.75, 3.05) is 24.7 Å². The molecule has 1 amide bonds. The van der Waals surface area contributed by atoms with Gasteiger partial charge in [-0.05, 0) is 74.4 Å². The van der Waals surface area contributed by atoms with Crippen LogP contribution in [0.1, 0.15) is 37.1 Å². The molecule has 36 heavy (non-hydrogen) atoms. The number of methoxy groups -OCH3 is 1. The van der Waals surface area contributed by atoms with E-state index in [0.29, 0.717) is 12.5 Å². The topological polar surface area (TPSA) is 54.5 Å². The number of benzene rings is 2. The Morgan fingerprint density at radius 2 is 1.97 bits per heavy atom. The maximum Gasteiger partial charge on any atom is 0.225 e. The fourth-order valence-electron chi connectivity index (χ4n) is 4.44. The number of nitrogens with one attached hydrogen (secondary N) is 1. The van der Waals surface area contributed by atoms with E-state index in [1.807, 2.05) is 18.2 Å². The molecule has 2 aromatic carbocycles. The Labute approximate surface area is 224 Å². The van der Waals surface area contributed by atoms with E-state index in [0.717, 1.165) is 58.5 Å². The molecule has 0 radical (unpaired) electrons. The molecule has 0 aliphatic carbocycles. The summed E-state index contributed by atoms with van der Waals surface area (Å²) < 4.78 is 6.40. The molecule has 4 aromatic rings. The van der Waals surface area contributed by atoms with E-state index >= 15 is 0 Å². The number of rotatable bonds is 9. The normalized spacial score (nSPS) is 13.8. The van der Waals surface area contributed by atoms with Crippen LogP contribution in [-0.4, -0.2) is 41.2 Å². The number of hydrogen-bond donors (Lipinski definition) is 1. The third kappa shape index (κ3) is 5.62. The number of thiazole rings is 1. The minimum Gasteiger partial charge on any atom is -0.497 e. The first-order valence-corrected chi connectivity index (χ1v) is 14.9. The average molecular weight is 538 g/mol. The van der Waals surface area contributed by atoms with Crippen LogP contribution < -0.4 is 10.1 Å². The van der Waals surface area contributed by atoms with Crippen LogP contribution in [0, 0.1) is 0 Å². The third-order valence-electron chi connectivity index (χ3n) is 6.45. The van der Waals surface area contributed by atoms with Gasteiger partial charge in [0.25, 0.3) is 0 Å². The second-order valence-corrected chi connectivity index (χ2v) is 12.5. The first-order chi connectivity index (χ1) is 17.5. The number of anilines is 1. The van der Waals surface area contributed by atoms with Crippen molar-refractivity contribution >= 4 is 55.6 Å². The van der Waals surface area contributed by atoms with Crippen molar-refractivity contribution in [1.82, 2.24) is 9.88 Å². The predicted molar refractivity (Wildman–Crippen MR) is 154 cm³/mol. The van der Waals surface area contributed by atoms with Crippen LogP contribution in [0.2, 0.25) is 0 Å². The molecule has 0 atom stereocenters. The van der Waals surface area contributed by atoms with Gasteiger partial charge in [-0.25, -0.2) is 4.98 Å². The number of nitrogens with zero attached hydrogens (tertiary/aromatic N) is 2. The highest BCUT2D eigenvalue weighted by atomic mass is 32.2. The summed E-state index contributed by atoms with van der Waals surface area (Å²) in [5.74, 6) is 1.83. The molecule has 0 bridgehead atoms. The minimum atomic E-state index is 0.0759. The van der Waals surface area contributed by atoms with Crippen molar-refractivity contribution in [3.8, 4) is 16.3 Å². The Morgan fingerprint density at radius 1 is 1.17 bits per heavy atom. The fraction of sp³-hybridized carbons (Fsp3) is 0.357. The van der Waals surface area contributed by atoms with Crippen molar-refractivity contribution in [3.63, 3.8) is 0 Å². The minimum absolute atomic E-state index is 0.0759. The number of carbonyl (C=O) groups is 1. The number of para-hydroxylation sites is 1. The molecule has 0 unspecified atom stereocenters. The molecule has 5 rings (SSSR count). The van der Waals surface area contributed by atoms with E-state index in [9.17, 15) is 4.79 Å². The second-order valence-electron chi connectivity index (χ2n) is 9.18. The molecular weight excluding hydrogens is 507 g/mol. The number of hydrogen-bond acceptors (Lipinski definition) is 7. The van der Waals surface area contributed by atoms with E-state index in [1.165, 1.54) is 20.0 Å². The van der Waals surface area contributed by atoms with E-state index in [-0.39, 0.29) is 5.91 Å². The monoisotopic (exact) mass is 537 g/mol. The zero-order chi connectivity index (χ0) is 25.1. The van der Waals surface area contributed by atoms with Crippen LogP contribution in [-0.2, 0) is 17.8 Å². The molecule has 1 aliphatic heterocycles. The Morgan fingerprint density at radius 3 is 2.72 bits per heavy atom. The molecule has 0 saturated carbocycles. The predicted octanol–water partition coefficient (Wildman–Crippen LogP) is 7.31. The maximum atomic E-state index is 13.0. The van der Waals surface area contributed by atoms with Gasteiger partial charge in [0.1, 0.15) is 15.8 Å². The van der Waals surface area contributed by atoms with Crippen LogP contribution in [0.3, 0.4) is 0 Å². The van der Waals surface area contributed by atoms with Gasteiger partial charge in [0.2, 0.25) is 5.91 Å². The fourth-order valence-corrected chi connectivity index (χ4v) is 7.69. The summed E-state index contributed by atoms with van der Waals surface area (Å²) in [6, 6.07) is 16.8. The zero-order valence-electron chi connectivity index (χ0n) is 20.9. The lowest BCUT2D eigenvalue weighted by Gasteiger charge is -2.30. The van der Waals surface area contributed by atoms with Gasteiger partial charge in [0, 0.05) is 40.9 Å². The van der Waals surface area contributed by atoms with E-state index in [1.54, 1.807) is 41.5 Å². The zero-order valence-corrected chi connectivity index (χ0v) is 23.3. The number of thioether (sulfide) groups is 1. The molecule has 0 fully saturated rings. The molecule has 0 saturated heterocycles. The Kier molecular flexibility index (Phi) is 7.96. The van der Waals surface area contributed by atoms with E-state index in [2.05, 4.69) is 54.4 Å². The van der Waals surface area contributed by atoms with Crippen molar-refractivity contribution in [1.29, 1.82) is 0 Å². The van der Waals surface area contributed by atoms with Crippen LogP contribution in [0.25, 0.3) is 20.8 Å². The quantitative estimate of drug-likeness (QED) is 0.179. The summed E-state index contributed by atoms with van der Waals surface area (Å²) in [7, 11) is 1.67. The molecule has 3 heterocycles. The van der Waals surface area contributed by atoms with Gasteiger partial charge in [-0.2, -0.15) is 0 Å². The summed E-state index contributed by atoms with van der Waals surface area (Å²) in [6.45, 7) is 6.47. The van der Waals surface area contributed by atoms with Gasteiger partial charge in [-0.3, -0.25) is 9.69 Å². The molecular formula is C28H31N3O2S3. The Hall–Kier alpha value is -2.39. The van der Waals surface area contributed by atoms with Gasteiger partial charge >= 0.3 is 0 Å². The van der Waals surface area contributed by atoms with Crippen LogP contribution in [0.5, 0.6) is 5.75 Å². The number of thiophene rings is 1. The second kappa shape index (κ2) is 11.3. The molecule has 0 spiro atoms. The first-order valence-electron chi connectivity index (χ1n) is 12.3. The van der Waals surface area contributed by atoms with E-state index in [4.69, 9.17) is 9.72 Å². The highest BCUT2D eigenvalue weighted by Crippen LogP contribution is 2.46. The number of fused-ring (bicyclic) bond motifs is 2. The van der Waals surface area contributed by atoms with Crippen LogP contribution >= 0.6 is 34.4 Å². The SMILES string of the molecule is COc1ccc(SCCCC(=O)Nc2sc3c(c2-c2nc4ccccc4s2)CCN(C(C)C)C3)cc1. The standard InChI is InChI=1S/C28H31N3O2S3/c1-18(2)31-15-14-21-24(17-31)36-28(26(21)27-29-22-7-4-5-8-23(22)35-27)30-25(32)9-6-16-34-20-12-10-19(33-3)11-13-20/h4-5,7-8,10-13,18H,6,9,14-17H2,1-3H3,(H,30,32). The highest BCUT2D eigenvalue weighted by molar-refractivity contribution is 7.99. The summed E-state index contributed by atoms with van der Waals surface area (Å²) >= 11 is 5.22. The molecule has 1 N–H and O–H groups in total. The molecule has 188 valence electrons. The third-order valence-corrected chi connectivity index (χ3v) is 9.74. The Balaban J connectivity index is 1.30. The number of carbonyl (C=O) groups excluding carboxylic acids is 1. The van der Waals surface area contributed by atoms with Crippen LogP contribution in [0.15, 0.2) is 53.4 Å². The lowest BCUT2D eigenvalue weighted by atomic mass is 10.0. The molecule has 1 aliphatic rings. The molecule has 5 nitrogen and oxygen atoms in total. The number of amides is 1. The van der Waals surface area contributed by atoms with E-state index < -0.39 is 0 Å². The van der Waals surface area contributed by atoms with Gasteiger partial charge < -0.3 is 10.1 Å². The summed E-state index contributed by atoms with van der Waals surface area (Å²) in [5, 5.41) is 5.24. The Bertz CT molecular complexity index is 1310. The molecule has 2 aromatic heterocycles. The van der Waals surface area contributed by atoms with Crippen molar-refractivity contribution < 1.29 is 9.53 Å². The molecule has 8 heteroatoms. The number of ether oxygens (including phenoxy) is 1. The van der Waals surface area contributed by atoms with Gasteiger partial charge in [0.15, 0.2) is 0 Å². The lowest BCUT2D eigenvalue weighted by Crippen LogP contribution is -2.35. The number of aromatic nitrogens is 1. The van der Waals surface area contributed by atoms with Crippen LogP contribution in [0.4, 0.5) is 5.00 Å². The summed E-state index contributed by atoms with van der Waals surface area (Å²) in [4.78, 5) is 23.0. The van der Waals surface area contributed by atoms with Crippen molar-refractivity contribution in [2.45, 2.75) is 50.6 Å². The largest absolute Gasteiger partial charge is 0.497 e. The van der Waals surface area contributed by atoms with Gasteiger partial charge in [-0.1, -0.05) is 12.1 Å².